The summed E-state index contributed by atoms with van der Waals surface area (Å²) in [5, 5.41) is 0. The maximum Gasteiger partial charge on any atom is -0.0228 e. The van der Waals surface area contributed by atoms with E-state index in [2.05, 4.69) is 51.1 Å². The van der Waals surface area contributed by atoms with Crippen LogP contribution in [0.1, 0.15) is 30.0 Å². The SMILES string of the molecule is CC/C=C/c1cccc(C)c1C. The highest BCUT2D eigenvalue weighted by molar-refractivity contribution is 5.55. The molecule has 1 rings (SSSR count). The third-order valence-electron chi connectivity index (χ3n) is 2.18. The van der Waals surface area contributed by atoms with Gasteiger partial charge in [-0.1, -0.05) is 37.3 Å². The zero-order valence-corrected chi connectivity index (χ0v) is 8.09. The molecule has 0 radical (unpaired) electrons. The summed E-state index contributed by atoms with van der Waals surface area (Å²) in [6.07, 6.45) is 5.50. The lowest BCUT2D eigenvalue weighted by Crippen LogP contribution is -1.84. The fourth-order valence-corrected chi connectivity index (χ4v) is 1.20. The summed E-state index contributed by atoms with van der Waals surface area (Å²) >= 11 is 0. The Bertz CT molecular complexity index is 282. The largest absolute Gasteiger partial charge is 0.0842 e. The average Bonchev–Trinajstić information content (AvgIpc) is 2.08. The standard InChI is InChI=1S/C12H16/c1-4-5-8-12-9-6-7-10(2)11(12)3/h5-9H,4H2,1-3H3/b8-5+. The van der Waals surface area contributed by atoms with Crippen LogP contribution in [-0.2, 0) is 0 Å². The van der Waals surface area contributed by atoms with Crippen molar-refractivity contribution in [3.8, 4) is 0 Å². The van der Waals surface area contributed by atoms with Gasteiger partial charge in [-0.2, -0.15) is 0 Å². The van der Waals surface area contributed by atoms with Crippen LogP contribution in [0.3, 0.4) is 0 Å². The molecule has 1 aromatic carbocycles. The molecular weight excluding hydrogens is 144 g/mol. The molecule has 0 aromatic heterocycles. The fraction of sp³-hybridized carbons (Fsp3) is 0.333. The summed E-state index contributed by atoms with van der Waals surface area (Å²) in [5.41, 5.74) is 4.10. The lowest BCUT2D eigenvalue weighted by atomic mass is 10.0. The maximum absolute atomic E-state index is 2.20. The van der Waals surface area contributed by atoms with E-state index in [1.54, 1.807) is 0 Å². The molecule has 0 fully saturated rings. The first-order chi connectivity index (χ1) is 5.75. The molecule has 0 unspecified atom stereocenters. The van der Waals surface area contributed by atoms with Gasteiger partial charge < -0.3 is 0 Å². The Morgan fingerprint density at radius 1 is 1.25 bits per heavy atom. The highest BCUT2D eigenvalue weighted by Gasteiger charge is 1.94. The predicted molar refractivity (Wildman–Crippen MR) is 55.2 cm³/mol. The van der Waals surface area contributed by atoms with Gasteiger partial charge in [0.2, 0.25) is 0 Å². The topological polar surface area (TPSA) is 0 Å². The molecule has 0 aliphatic rings. The second-order valence-corrected chi connectivity index (χ2v) is 3.10. The van der Waals surface area contributed by atoms with Crippen molar-refractivity contribution < 1.29 is 0 Å². The van der Waals surface area contributed by atoms with E-state index in [4.69, 9.17) is 0 Å². The summed E-state index contributed by atoms with van der Waals surface area (Å²) < 4.78 is 0. The van der Waals surface area contributed by atoms with E-state index in [0.717, 1.165) is 6.42 Å². The number of allylic oxidation sites excluding steroid dienone is 1. The van der Waals surface area contributed by atoms with Crippen LogP contribution in [0.25, 0.3) is 6.08 Å². The first-order valence-corrected chi connectivity index (χ1v) is 4.48. The summed E-state index contributed by atoms with van der Waals surface area (Å²) in [6.45, 7) is 6.48. The molecular formula is C12H16. The van der Waals surface area contributed by atoms with Crippen molar-refractivity contribution in [3.05, 3.63) is 41.0 Å². The second kappa shape index (κ2) is 4.10. The van der Waals surface area contributed by atoms with E-state index < -0.39 is 0 Å². The first-order valence-electron chi connectivity index (χ1n) is 4.48. The average molecular weight is 160 g/mol. The van der Waals surface area contributed by atoms with Crippen molar-refractivity contribution in [1.29, 1.82) is 0 Å². The van der Waals surface area contributed by atoms with Crippen LogP contribution in [-0.4, -0.2) is 0 Å². The summed E-state index contributed by atoms with van der Waals surface area (Å²) in [6, 6.07) is 6.42. The summed E-state index contributed by atoms with van der Waals surface area (Å²) in [4.78, 5) is 0. The fourth-order valence-electron chi connectivity index (χ4n) is 1.20. The first kappa shape index (κ1) is 9.05. The summed E-state index contributed by atoms with van der Waals surface area (Å²) in [7, 11) is 0. The van der Waals surface area contributed by atoms with Gasteiger partial charge >= 0.3 is 0 Å². The van der Waals surface area contributed by atoms with Crippen molar-refractivity contribution in [2.24, 2.45) is 0 Å². The lowest BCUT2D eigenvalue weighted by molar-refractivity contribution is 1.23. The van der Waals surface area contributed by atoms with Gasteiger partial charge in [0.05, 0.1) is 0 Å². The normalized spacial score (nSPS) is 10.9. The Balaban J connectivity index is 3.00. The molecule has 0 atom stereocenters. The third kappa shape index (κ3) is 1.97. The van der Waals surface area contributed by atoms with Crippen LogP contribution in [0.4, 0.5) is 0 Å². The molecule has 64 valence electrons. The van der Waals surface area contributed by atoms with E-state index in [-0.39, 0.29) is 0 Å². The minimum atomic E-state index is 1.10. The van der Waals surface area contributed by atoms with Crippen LogP contribution in [0.5, 0.6) is 0 Å². The number of hydrogen-bond acceptors (Lipinski definition) is 0. The van der Waals surface area contributed by atoms with Crippen molar-refractivity contribution in [3.63, 3.8) is 0 Å². The number of rotatable bonds is 2. The molecule has 0 bridgehead atoms. The molecule has 12 heavy (non-hydrogen) atoms. The molecule has 0 aliphatic heterocycles. The van der Waals surface area contributed by atoms with Gasteiger partial charge in [-0.3, -0.25) is 0 Å². The minimum absolute atomic E-state index is 1.10. The molecule has 0 amide bonds. The van der Waals surface area contributed by atoms with Gasteiger partial charge in [0.1, 0.15) is 0 Å². The molecule has 0 N–H and O–H groups in total. The number of aryl methyl sites for hydroxylation is 1. The Morgan fingerprint density at radius 2 is 2.00 bits per heavy atom. The number of benzene rings is 1. The van der Waals surface area contributed by atoms with Crippen molar-refractivity contribution in [1.82, 2.24) is 0 Å². The minimum Gasteiger partial charge on any atom is -0.0842 e. The molecule has 0 saturated heterocycles. The van der Waals surface area contributed by atoms with Crippen LogP contribution in [0, 0.1) is 13.8 Å². The molecule has 0 heterocycles. The quantitative estimate of drug-likeness (QED) is 0.618. The van der Waals surface area contributed by atoms with E-state index in [1.807, 2.05) is 0 Å². The lowest BCUT2D eigenvalue weighted by Gasteiger charge is -2.02. The molecule has 0 aliphatic carbocycles. The molecule has 0 saturated carbocycles. The van der Waals surface area contributed by atoms with E-state index >= 15 is 0 Å². The van der Waals surface area contributed by atoms with E-state index in [0.29, 0.717) is 0 Å². The van der Waals surface area contributed by atoms with Crippen LogP contribution >= 0.6 is 0 Å². The Hall–Kier alpha value is -1.04. The Labute approximate surface area is 74.9 Å². The van der Waals surface area contributed by atoms with Gasteiger partial charge in [-0.25, -0.2) is 0 Å². The highest BCUT2D eigenvalue weighted by Crippen LogP contribution is 2.14. The summed E-state index contributed by atoms with van der Waals surface area (Å²) in [5.74, 6) is 0. The van der Waals surface area contributed by atoms with Crippen molar-refractivity contribution >= 4 is 6.08 Å². The van der Waals surface area contributed by atoms with Gasteiger partial charge in [-0.05, 0) is 37.0 Å². The van der Waals surface area contributed by atoms with Gasteiger partial charge in [0.15, 0.2) is 0 Å². The highest BCUT2D eigenvalue weighted by atomic mass is 14.0. The van der Waals surface area contributed by atoms with Crippen LogP contribution in [0.15, 0.2) is 24.3 Å². The van der Waals surface area contributed by atoms with Gasteiger partial charge in [0.25, 0.3) is 0 Å². The monoisotopic (exact) mass is 160 g/mol. The smallest absolute Gasteiger partial charge is 0.0228 e. The van der Waals surface area contributed by atoms with Crippen molar-refractivity contribution in [2.45, 2.75) is 27.2 Å². The second-order valence-electron chi connectivity index (χ2n) is 3.10. The molecule has 1 aromatic rings. The maximum atomic E-state index is 2.20. The van der Waals surface area contributed by atoms with Crippen molar-refractivity contribution in [2.75, 3.05) is 0 Å². The number of hydrogen-bond donors (Lipinski definition) is 0. The van der Waals surface area contributed by atoms with Gasteiger partial charge in [0, 0.05) is 0 Å². The molecule has 0 nitrogen and oxygen atoms in total. The Kier molecular flexibility index (Phi) is 3.09. The van der Waals surface area contributed by atoms with E-state index in [9.17, 15) is 0 Å². The van der Waals surface area contributed by atoms with Gasteiger partial charge in [-0.15, -0.1) is 0 Å². The molecule has 0 heteroatoms. The van der Waals surface area contributed by atoms with Crippen LogP contribution < -0.4 is 0 Å². The Morgan fingerprint density at radius 3 is 2.67 bits per heavy atom. The van der Waals surface area contributed by atoms with Crippen LogP contribution in [0.2, 0.25) is 0 Å². The molecule has 0 spiro atoms. The third-order valence-corrected chi connectivity index (χ3v) is 2.18. The zero-order valence-electron chi connectivity index (χ0n) is 8.09. The predicted octanol–water partition coefficient (Wildman–Crippen LogP) is 3.73. The van der Waals surface area contributed by atoms with E-state index in [1.165, 1.54) is 16.7 Å². The zero-order chi connectivity index (χ0) is 8.97.